The quantitative estimate of drug-likeness (QED) is 0.641. The molecule has 1 aliphatic heterocycles. The number of rotatable bonds is 5. The molecule has 1 aromatic carbocycles. The minimum atomic E-state index is -2.91. The van der Waals surface area contributed by atoms with Gasteiger partial charge in [-0.1, -0.05) is 18.2 Å². The monoisotopic (exact) mass is 348 g/mol. The van der Waals surface area contributed by atoms with Crippen LogP contribution in [0.1, 0.15) is 23.6 Å². The van der Waals surface area contributed by atoms with E-state index in [-0.39, 0.29) is 24.4 Å². The van der Waals surface area contributed by atoms with Crippen LogP contribution in [0.5, 0.6) is 11.6 Å². The van der Waals surface area contributed by atoms with E-state index in [1.54, 1.807) is 6.07 Å². The molecule has 6 nitrogen and oxygen atoms in total. The van der Waals surface area contributed by atoms with Gasteiger partial charge in [0.15, 0.2) is 5.96 Å². The summed E-state index contributed by atoms with van der Waals surface area (Å²) in [4.78, 5) is 7.97. The van der Waals surface area contributed by atoms with Gasteiger partial charge in [0.1, 0.15) is 5.75 Å². The number of fused-ring (bicyclic) bond motifs is 1. The summed E-state index contributed by atoms with van der Waals surface area (Å²) in [6.07, 6.45) is 2.16. The second-order valence-corrected chi connectivity index (χ2v) is 5.45. The smallest absolute Gasteiger partial charge is 0.388 e. The summed E-state index contributed by atoms with van der Waals surface area (Å²) in [5, 5.41) is 3.17. The number of benzene rings is 1. The van der Waals surface area contributed by atoms with Crippen molar-refractivity contribution in [1.82, 2.24) is 10.3 Å². The lowest BCUT2D eigenvalue weighted by Crippen LogP contribution is -2.37. The van der Waals surface area contributed by atoms with Gasteiger partial charge in [0.25, 0.3) is 0 Å². The summed E-state index contributed by atoms with van der Waals surface area (Å²) in [7, 11) is 0. The van der Waals surface area contributed by atoms with E-state index in [2.05, 4.69) is 20.0 Å². The number of halogens is 2. The molecule has 0 aliphatic carbocycles. The number of nitrogens with zero attached hydrogens (tertiary/aromatic N) is 2. The van der Waals surface area contributed by atoms with Gasteiger partial charge in [-0.25, -0.2) is 9.98 Å². The van der Waals surface area contributed by atoms with Gasteiger partial charge in [-0.15, -0.1) is 0 Å². The molecule has 0 radical (unpaired) electrons. The zero-order valence-electron chi connectivity index (χ0n) is 13.4. The predicted octanol–water partition coefficient (Wildman–Crippen LogP) is 2.61. The molecule has 25 heavy (non-hydrogen) atoms. The zero-order chi connectivity index (χ0) is 17.6. The highest BCUT2D eigenvalue weighted by Gasteiger charge is 2.21. The van der Waals surface area contributed by atoms with Crippen LogP contribution in [0.3, 0.4) is 0 Å². The summed E-state index contributed by atoms with van der Waals surface area (Å²) >= 11 is 0. The minimum absolute atomic E-state index is 0.0175. The number of ether oxygens (including phenoxy) is 2. The number of aromatic nitrogens is 1. The Morgan fingerprint density at radius 2 is 2.24 bits per heavy atom. The normalized spacial score (nSPS) is 16.9. The lowest BCUT2D eigenvalue weighted by Gasteiger charge is -2.26. The van der Waals surface area contributed by atoms with E-state index in [1.165, 1.54) is 12.3 Å². The van der Waals surface area contributed by atoms with Crippen molar-refractivity contribution >= 4 is 5.96 Å². The van der Waals surface area contributed by atoms with Gasteiger partial charge in [-0.3, -0.25) is 0 Å². The summed E-state index contributed by atoms with van der Waals surface area (Å²) < 4.78 is 34.3. The van der Waals surface area contributed by atoms with Crippen LogP contribution in [0.4, 0.5) is 8.78 Å². The number of para-hydroxylation sites is 1. The van der Waals surface area contributed by atoms with E-state index >= 15 is 0 Å². The van der Waals surface area contributed by atoms with Crippen molar-refractivity contribution in [3.63, 3.8) is 0 Å². The molecule has 1 aromatic heterocycles. The van der Waals surface area contributed by atoms with Crippen LogP contribution in [0, 0.1) is 0 Å². The maximum atomic E-state index is 12.2. The van der Waals surface area contributed by atoms with E-state index in [9.17, 15) is 8.78 Å². The average Bonchev–Trinajstić information content (AvgIpc) is 2.60. The molecule has 0 amide bonds. The number of nitrogens with one attached hydrogen (secondary N) is 1. The van der Waals surface area contributed by atoms with Crippen LogP contribution in [0.2, 0.25) is 0 Å². The first-order valence-electron chi connectivity index (χ1n) is 7.80. The number of hydrogen-bond donors (Lipinski definition) is 2. The molecule has 0 saturated carbocycles. The van der Waals surface area contributed by atoms with Crippen molar-refractivity contribution in [1.29, 1.82) is 0 Å². The van der Waals surface area contributed by atoms with Crippen molar-refractivity contribution in [2.24, 2.45) is 10.7 Å². The second-order valence-electron chi connectivity index (χ2n) is 5.45. The largest absolute Gasteiger partial charge is 0.493 e. The van der Waals surface area contributed by atoms with Gasteiger partial charge in [0.2, 0.25) is 5.88 Å². The second kappa shape index (κ2) is 7.78. The topological polar surface area (TPSA) is 81.8 Å². The molecule has 0 bridgehead atoms. The number of hydrogen-bond acceptors (Lipinski definition) is 4. The summed E-state index contributed by atoms with van der Waals surface area (Å²) in [6, 6.07) is 10.8. The van der Waals surface area contributed by atoms with Crippen LogP contribution in [0.25, 0.3) is 0 Å². The van der Waals surface area contributed by atoms with Gasteiger partial charge >= 0.3 is 6.61 Å². The van der Waals surface area contributed by atoms with Crippen molar-refractivity contribution in [3.05, 3.63) is 53.7 Å². The third-order valence-electron chi connectivity index (χ3n) is 3.72. The molecule has 0 fully saturated rings. The van der Waals surface area contributed by atoms with E-state index in [0.717, 1.165) is 17.7 Å². The van der Waals surface area contributed by atoms with Gasteiger partial charge in [-0.05, 0) is 17.7 Å². The third kappa shape index (κ3) is 4.56. The SMILES string of the molecule is NC(=NCc1ccnc(OC(F)F)c1)NC1CCOc2ccccc21. The van der Waals surface area contributed by atoms with Crippen molar-refractivity contribution in [3.8, 4) is 11.6 Å². The van der Waals surface area contributed by atoms with Gasteiger partial charge in [0, 0.05) is 24.2 Å². The maximum absolute atomic E-state index is 12.2. The molecule has 3 N–H and O–H groups in total. The molecule has 1 atom stereocenters. The fourth-order valence-electron chi connectivity index (χ4n) is 2.60. The predicted molar refractivity (Wildman–Crippen MR) is 88.6 cm³/mol. The first-order valence-corrected chi connectivity index (χ1v) is 7.80. The first-order chi connectivity index (χ1) is 12.1. The lowest BCUT2D eigenvalue weighted by atomic mass is 10.0. The number of aliphatic imine (C=N–C) groups is 1. The molecule has 1 aliphatic rings. The molecule has 0 saturated heterocycles. The Kier molecular flexibility index (Phi) is 5.27. The van der Waals surface area contributed by atoms with E-state index < -0.39 is 6.61 Å². The third-order valence-corrected chi connectivity index (χ3v) is 3.72. The first kappa shape index (κ1) is 16.9. The van der Waals surface area contributed by atoms with E-state index in [1.807, 2.05) is 24.3 Å². The Balaban J connectivity index is 1.63. The van der Waals surface area contributed by atoms with Crippen LogP contribution in [-0.4, -0.2) is 24.2 Å². The standard InChI is InChI=1S/C17H18F2N4O2/c18-16(19)25-15-9-11(5-7-21-15)10-22-17(20)23-13-6-8-24-14-4-2-1-3-12(13)14/h1-5,7,9,13,16H,6,8,10H2,(H3,20,22,23). The average molecular weight is 348 g/mol. The molecule has 3 rings (SSSR count). The van der Waals surface area contributed by atoms with Crippen LogP contribution < -0.4 is 20.5 Å². The van der Waals surface area contributed by atoms with Crippen molar-refractivity contribution in [2.75, 3.05) is 6.61 Å². The minimum Gasteiger partial charge on any atom is -0.493 e. The number of nitrogens with two attached hydrogens (primary N) is 1. The number of alkyl halides is 2. The highest BCUT2D eigenvalue weighted by Crippen LogP contribution is 2.31. The summed E-state index contributed by atoms with van der Waals surface area (Å²) in [6.45, 7) is -2.08. The van der Waals surface area contributed by atoms with Gasteiger partial charge in [-0.2, -0.15) is 8.78 Å². The fourth-order valence-corrected chi connectivity index (χ4v) is 2.60. The highest BCUT2D eigenvalue weighted by molar-refractivity contribution is 5.78. The van der Waals surface area contributed by atoms with Crippen molar-refractivity contribution in [2.45, 2.75) is 25.6 Å². The molecule has 132 valence electrons. The Morgan fingerprint density at radius 1 is 1.40 bits per heavy atom. The molecular weight excluding hydrogens is 330 g/mol. The zero-order valence-corrected chi connectivity index (χ0v) is 13.4. The number of pyridine rings is 1. The maximum Gasteiger partial charge on any atom is 0.388 e. The highest BCUT2D eigenvalue weighted by atomic mass is 19.3. The summed E-state index contributed by atoms with van der Waals surface area (Å²) in [5.74, 6) is 0.962. The molecule has 0 spiro atoms. The number of guanidine groups is 1. The fraction of sp³-hybridized carbons (Fsp3) is 0.294. The van der Waals surface area contributed by atoms with Crippen LogP contribution in [-0.2, 0) is 6.54 Å². The van der Waals surface area contributed by atoms with Crippen LogP contribution in [0.15, 0.2) is 47.6 Å². The Bertz CT molecular complexity index is 755. The Morgan fingerprint density at radius 3 is 3.08 bits per heavy atom. The van der Waals surface area contributed by atoms with E-state index in [0.29, 0.717) is 12.2 Å². The van der Waals surface area contributed by atoms with E-state index in [4.69, 9.17) is 10.5 Å². The summed E-state index contributed by atoms with van der Waals surface area (Å²) in [5.41, 5.74) is 7.66. The Labute approximate surface area is 143 Å². The molecule has 2 heterocycles. The molecule has 1 unspecified atom stereocenters. The lowest BCUT2D eigenvalue weighted by molar-refractivity contribution is -0.0528. The molecular formula is C17H18F2N4O2. The van der Waals surface area contributed by atoms with Gasteiger partial charge < -0.3 is 20.5 Å². The molecule has 8 heteroatoms. The Hall–Kier alpha value is -2.90. The van der Waals surface area contributed by atoms with Crippen LogP contribution >= 0.6 is 0 Å². The molecule has 2 aromatic rings. The van der Waals surface area contributed by atoms with Crippen molar-refractivity contribution < 1.29 is 18.3 Å². The van der Waals surface area contributed by atoms with Gasteiger partial charge in [0.05, 0.1) is 19.2 Å².